The maximum atomic E-state index is 4.51. The van der Waals surface area contributed by atoms with Gasteiger partial charge in [-0.05, 0) is 30.2 Å². The number of benzene rings is 3. The van der Waals surface area contributed by atoms with Crippen molar-refractivity contribution in [2.45, 2.75) is 13.5 Å². The van der Waals surface area contributed by atoms with Crippen LogP contribution in [0.4, 0.5) is 0 Å². The van der Waals surface area contributed by atoms with Crippen molar-refractivity contribution in [1.82, 2.24) is 4.57 Å². The van der Waals surface area contributed by atoms with Crippen LogP contribution in [0.3, 0.4) is 0 Å². The Bertz CT molecular complexity index is 1100. The highest BCUT2D eigenvalue weighted by Gasteiger charge is 2.06. The summed E-state index contributed by atoms with van der Waals surface area (Å²) in [6.45, 7) is 2.86. The lowest BCUT2D eigenvalue weighted by molar-refractivity contribution is 0.789. The van der Waals surface area contributed by atoms with Gasteiger partial charge in [0.05, 0.1) is 23.0 Å². The topological polar surface area (TPSA) is 29.6 Å². The summed E-state index contributed by atoms with van der Waals surface area (Å²) in [5.41, 5.74) is 4.73. The molecule has 4 aromatic rings. The molecular formula is C22H19N3S. The molecule has 0 saturated carbocycles. The van der Waals surface area contributed by atoms with Crippen LogP contribution in [-0.4, -0.2) is 10.8 Å². The highest BCUT2D eigenvalue weighted by Crippen LogP contribution is 2.18. The van der Waals surface area contributed by atoms with Crippen molar-refractivity contribution in [3.05, 3.63) is 100 Å². The molecule has 26 heavy (non-hydrogen) atoms. The molecule has 0 N–H and O–H groups in total. The van der Waals surface area contributed by atoms with E-state index >= 15 is 0 Å². The average molecular weight is 357 g/mol. The summed E-state index contributed by atoms with van der Waals surface area (Å²) in [5.74, 6) is 0. The Morgan fingerprint density at radius 2 is 1.62 bits per heavy atom. The van der Waals surface area contributed by atoms with E-state index in [9.17, 15) is 0 Å². The fourth-order valence-electron chi connectivity index (χ4n) is 2.81. The van der Waals surface area contributed by atoms with Gasteiger partial charge in [0.1, 0.15) is 0 Å². The molecule has 3 aromatic carbocycles. The first kappa shape index (κ1) is 16.5. The molecule has 0 aliphatic rings. The van der Waals surface area contributed by atoms with Crippen molar-refractivity contribution in [3.8, 4) is 0 Å². The highest BCUT2D eigenvalue weighted by molar-refractivity contribution is 7.16. The number of nitrogens with zero attached hydrogens (tertiary/aromatic N) is 3. The van der Waals surface area contributed by atoms with Gasteiger partial charge in [0.15, 0.2) is 0 Å². The third kappa shape index (κ3) is 3.65. The fraction of sp³-hybridized carbons (Fsp3) is 0.0909. The Morgan fingerprint density at radius 3 is 2.42 bits per heavy atom. The van der Waals surface area contributed by atoms with Crippen LogP contribution in [-0.2, 0) is 6.54 Å². The minimum Gasteiger partial charge on any atom is -0.311 e. The fourth-order valence-corrected chi connectivity index (χ4v) is 3.80. The molecule has 0 aliphatic carbocycles. The van der Waals surface area contributed by atoms with Crippen LogP contribution in [0.15, 0.2) is 89.1 Å². The van der Waals surface area contributed by atoms with Gasteiger partial charge in [-0.15, -0.1) is 5.10 Å². The quantitative estimate of drug-likeness (QED) is 0.364. The molecule has 4 rings (SSSR count). The third-order valence-corrected chi connectivity index (χ3v) is 5.25. The van der Waals surface area contributed by atoms with Gasteiger partial charge in [0.2, 0.25) is 4.80 Å². The first-order valence-electron chi connectivity index (χ1n) is 8.56. The van der Waals surface area contributed by atoms with E-state index in [1.165, 1.54) is 21.3 Å². The van der Waals surface area contributed by atoms with E-state index < -0.39 is 0 Å². The van der Waals surface area contributed by atoms with E-state index in [-0.39, 0.29) is 0 Å². The van der Waals surface area contributed by atoms with Crippen LogP contribution in [0.1, 0.15) is 16.7 Å². The number of aromatic nitrogens is 1. The first-order valence-corrected chi connectivity index (χ1v) is 9.37. The lowest BCUT2D eigenvalue weighted by Gasteiger charge is -2.04. The van der Waals surface area contributed by atoms with E-state index in [2.05, 4.69) is 94.5 Å². The zero-order valence-electron chi connectivity index (χ0n) is 14.5. The molecule has 0 unspecified atom stereocenters. The number of rotatable bonds is 4. The number of aryl methyl sites for hydroxylation is 1. The minimum atomic E-state index is 0.781. The number of para-hydroxylation sites is 1. The number of hydrogen-bond donors (Lipinski definition) is 0. The largest absolute Gasteiger partial charge is 0.311 e. The highest BCUT2D eigenvalue weighted by atomic mass is 32.1. The maximum absolute atomic E-state index is 4.51. The Kier molecular flexibility index (Phi) is 4.75. The normalized spacial score (nSPS) is 12.3. The maximum Gasteiger partial charge on any atom is 0.211 e. The van der Waals surface area contributed by atoms with Crippen molar-refractivity contribution in [2.75, 3.05) is 0 Å². The molecular weight excluding hydrogens is 338 g/mol. The monoisotopic (exact) mass is 357 g/mol. The van der Waals surface area contributed by atoms with Gasteiger partial charge < -0.3 is 4.57 Å². The number of fused-ring (bicyclic) bond motifs is 1. The summed E-state index contributed by atoms with van der Waals surface area (Å²) < 4.78 is 3.44. The second kappa shape index (κ2) is 7.50. The van der Waals surface area contributed by atoms with Crippen molar-refractivity contribution in [2.24, 2.45) is 10.2 Å². The van der Waals surface area contributed by atoms with E-state index in [1.54, 1.807) is 17.6 Å². The number of hydrogen-bond acceptors (Lipinski definition) is 3. The molecule has 0 amide bonds. The number of thiazole rings is 1. The van der Waals surface area contributed by atoms with Gasteiger partial charge in [-0.25, -0.2) is 0 Å². The lowest BCUT2D eigenvalue weighted by Crippen LogP contribution is -2.15. The predicted octanol–water partition coefficient (Wildman–Crippen LogP) is 4.99. The first-order chi connectivity index (χ1) is 12.8. The smallest absolute Gasteiger partial charge is 0.211 e. The molecule has 0 fully saturated rings. The van der Waals surface area contributed by atoms with E-state index in [1.807, 2.05) is 6.07 Å². The second-order valence-corrected chi connectivity index (χ2v) is 7.19. The van der Waals surface area contributed by atoms with Gasteiger partial charge in [0.25, 0.3) is 0 Å². The van der Waals surface area contributed by atoms with Crippen LogP contribution >= 0.6 is 11.3 Å². The summed E-state index contributed by atoms with van der Waals surface area (Å²) >= 11 is 1.66. The molecule has 1 aromatic heterocycles. The molecule has 0 spiro atoms. The summed E-state index contributed by atoms with van der Waals surface area (Å²) in [5, 5.41) is 8.84. The van der Waals surface area contributed by atoms with Gasteiger partial charge in [-0.3, -0.25) is 0 Å². The summed E-state index contributed by atoms with van der Waals surface area (Å²) in [6.07, 6.45) is 1.80. The van der Waals surface area contributed by atoms with Gasteiger partial charge in [-0.2, -0.15) is 5.10 Å². The van der Waals surface area contributed by atoms with Crippen LogP contribution in [0.25, 0.3) is 10.2 Å². The zero-order valence-corrected chi connectivity index (χ0v) is 15.4. The Labute approximate surface area is 156 Å². The van der Waals surface area contributed by atoms with Crippen molar-refractivity contribution in [3.63, 3.8) is 0 Å². The Morgan fingerprint density at radius 1 is 0.885 bits per heavy atom. The van der Waals surface area contributed by atoms with E-state index in [0.717, 1.165) is 16.9 Å². The van der Waals surface area contributed by atoms with E-state index in [0.29, 0.717) is 0 Å². The summed E-state index contributed by atoms with van der Waals surface area (Å²) in [4.78, 5) is 0.901. The van der Waals surface area contributed by atoms with Crippen molar-refractivity contribution in [1.29, 1.82) is 0 Å². The SMILES string of the molecule is Cc1ccc(C=NN=c2sc3ccccc3n2Cc2ccccc2)cc1. The lowest BCUT2D eigenvalue weighted by atomic mass is 10.2. The third-order valence-electron chi connectivity index (χ3n) is 4.20. The Balaban J connectivity index is 1.73. The summed E-state index contributed by atoms with van der Waals surface area (Å²) in [6, 6.07) is 27.1. The molecule has 4 heteroatoms. The van der Waals surface area contributed by atoms with E-state index in [4.69, 9.17) is 0 Å². The van der Waals surface area contributed by atoms with Crippen molar-refractivity contribution >= 4 is 27.8 Å². The minimum absolute atomic E-state index is 0.781. The molecule has 128 valence electrons. The molecule has 0 bridgehead atoms. The molecule has 3 nitrogen and oxygen atoms in total. The molecule has 0 aliphatic heterocycles. The molecule has 1 heterocycles. The molecule has 0 atom stereocenters. The average Bonchev–Trinajstić information content (AvgIpc) is 3.02. The Hall–Kier alpha value is -2.98. The van der Waals surface area contributed by atoms with Gasteiger partial charge >= 0.3 is 0 Å². The molecule has 0 saturated heterocycles. The van der Waals surface area contributed by atoms with Gasteiger partial charge in [-0.1, -0.05) is 83.6 Å². The zero-order chi connectivity index (χ0) is 17.8. The molecule has 0 radical (unpaired) electrons. The van der Waals surface area contributed by atoms with Crippen molar-refractivity contribution < 1.29 is 0 Å². The van der Waals surface area contributed by atoms with Crippen LogP contribution in [0.5, 0.6) is 0 Å². The van der Waals surface area contributed by atoms with Crippen LogP contribution in [0, 0.1) is 6.92 Å². The van der Waals surface area contributed by atoms with Gasteiger partial charge in [0, 0.05) is 0 Å². The van der Waals surface area contributed by atoms with Crippen LogP contribution < -0.4 is 4.80 Å². The second-order valence-electron chi connectivity index (χ2n) is 6.18. The summed E-state index contributed by atoms with van der Waals surface area (Å²) in [7, 11) is 0. The predicted molar refractivity (Wildman–Crippen MR) is 110 cm³/mol. The van der Waals surface area contributed by atoms with Crippen LogP contribution in [0.2, 0.25) is 0 Å². The standard InChI is InChI=1S/C22H19N3S/c1-17-11-13-18(14-12-17)15-23-24-22-25(16-19-7-3-2-4-8-19)20-9-5-6-10-21(20)26-22/h2-15H,16H2,1H3.